The summed E-state index contributed by atoms with van der Waals surface area (Å²) in [6.45, 7) is 0.686. The summed E-state index contributed by atoms with van der Waals surface area (Å²) in [4.78, 5) is 23.7. The second-order valence-corrected chi connectivity index (χ2v) is 7.85. The maximum atomic E-state index is 12.7. The first-order chi connectivity index (χ1) is 12.2. The molecule has 0 unspecified atom stereocenters. The summed E-state index contributed by atoms with van der Waals surface area (Å²) >= 11 is 0. The zero-order valence-electron chi connectivity index (χ0n) is 14.6. The summed E-state index contributed by atoms with van der Waals surface area (Å²) in [6, 6.07) is 4.01. The normalized spacial score (nSPS) is 16.7. The SMILES string of the molecule is CNS(=O)(=O)c1cc(C(=O)NC2(CC(=O)O)CCOCC2)ccc1OC. The van der Waals surface area contributed by atoms with Crippen molar-refractivity contribution < 1.29 is 32.6 Å². The molecule has 0 aromatic heterocycles. The van der Waals surface area contributed by atoms with E-state index < -0.39 is 27.4 Å². The summed E-state index contributed by atoms with van der Waals surface area (Å²) < 4.78 is 36.8. The number of hydrogen-bond donors (Lipinski definition) is 3. The maximum absolute atomic E-state index is 12.7. The molecule has 1 aromatic rings. The number of carboxylic acid groups (broad SMARTS) is 1. The van der Waals surface area contributed by atoms with E-state index in [1.807, 2.05) is 0 Å². The number of carboxylic acids is 1. The van der Waals surface area contributed by atoms with Crippen LogP contribution in [0, 0.1) is 0 Å². The van der Waals surface area contributed by atoms with Crippen LogP contribution in [0.25, 0.3) is 0 Å². The molecule has 0 saturated carbocycles. The number of carbonyl (C=O) groups is 2. The molecule has 0 spiro atoms. The fourth-order valence-corrected chi connectivity index (χ4v) is 3.77. The number of amides is 1. The van der Waals surface area contributed by atoms with Crippen LogP contribution in [0.1, 0.15) is 29.6 Å². The Balaban J connectivity index is 2.33. The lowest BCUT2D eigenvalue weighted by atomic mass is 9.86. The third-order valence-corrected chi connectivity index (χ3v) is 5.74. The van der Waals surface area contributed by atoms with E-state index in [2.05, 4.69) is 10.0 Å². The predicted octanol–water partition coefficient (Wildman–Crippen LogP) is 0.357. The molecule has 0 bridgehead atoms. The van der Waals surface area contributed by atoms with Gasteiger partial charge in [0.25, 0.3) is 5.91 Å². The molecule has 3 N–H and O–H groups in total. The Labute approximate surface area is 151 Å². The van der Waals surface area contributed by atoms with Gasteiger partial charge in [-0.15, -0.1) is 0 Å². The average molecular weight is 386 g/mol. The van der Waals surface area contributed by atoms with Gasteiger partial charge >= 0.3 is 5.97 Å². The van der Waals surface area contributed by atoms with E-state index in [4.69, 9.17) is 14.6 Å². The summed E-state index contributed by atoms with van der Waals surface area (Å²) in [5.74, 6) is -1.48. The number of rotatable bonds is 7. The highest BCUT2D eigenvalue weighted by Gasteiger charge is 2.37. The van der Waals surface area contributed by atoms with Gasteiger partial charge in [0.15, 0.2) is 0 Å². The standard InChI is InChI=1S/C16H22N2O7S/c1-17-26(22,23)13-9-11(3-4-12(13)24-2)15(21)18-16(10-14(19)20)5-7-25-8-6-16/h3-4,9,17H,5-8,10H2,1-2H3,(H,18,21)(H,19,20). The van der Waals surface area contributed by atoms with Crippen molar-refractivity contribution in [3.8, 4) is 5.75 Å². The highest BCUT2D eigenvalue weighted by atomic mass is 32.2. The van der Waals surface area contributed by atoms with Crippen LogP contribution in [0.3, 0.4) is 0 Å². The zero-order valence-corrected chi connectivity index (χ0v) is 15.4. The van der Waals surface area contributed by atoms with Gasteiger partial charge in [-0.05, 0) is 38.1 Å². The summed E-state index contributed by atoms with van der Waals surface area (Å²) in [7, 11) is -1.25. The highest BCUT2D eigenvalue weighted by Crippen LogP contribution is 2.27. The van der Waals surface area contributed by atoms with Gasteiger partial charge in [-0.1, -0.05) is 0 Å². The van der Waals surface area contributed by atoms with Crippen LogP contribution in [0.5, 0.6) is 5.75 Å². The Morgan fingerprint density at radius 3 is 2.50 bits per heavy atom. The molecule has 0 atom stereocenters. The van der Waals surface area contributed by atoms with Crippen LogP contribution in [-0.4, -0.2) is 58.3 Å². The smallest absolute Gasteiger partial charge is 0.305 e. The number of carbonyl (C=O) groups excluding carboxylic acids is 1. The molecule has 1 amide bonds. The van der Waals surface area contributed by atoms with Crippen LogP contribution in [0.4, 0.5) is 0 Å². The minimum Gasteiger partial charge on any atom is -0.495 e. The molecule has 1 aliphatic heterocycles. The van der Waals surface area contributed by atoms with Gasteiger partial charge in [0.2, 0.25) is 10.0 Å². The molecule has 0 radical (unpaired) electrons. The highest BCUT2D eigenvalue weighted by molar-refractivity contribution is 7.89. The molecule has 144 valence electrons. The van der Waals surface area contributed by atoms with E-state index in [1.54, 1.807) is 0 Å². The number of nitrogens with one attached hydrogen (secondary N) is 2. The van der Waals surface area contributed by atoms with Crippen LogP contribution in [0.2, 0.25) is 0 Å². The Kier molecular flexibility index (Phi) is 6.21. The number of ether oxygens (including phenoxy) is 2. The molecule has 2 rings (SSSR count). The lowest BCUT2D eigenvalue weighted by Crippen LogP contribution is -2.53. The number of hydrogen-bond acceptors (Lipinski definition) is 6. The van der Waals surface area contributed by atoms with Gasteiger partial charge in [-0.2, -0.15) is 0 Å². The molecule has 1 heterocycles. The van der Waals surface area contributed by atoms with Gasteiger partial charge in [0, 0.05) is 18.8 Å². The number of methoxy groups -OCH3 is 1. The predicted molar refractivity (Wildman–Crippen MR) is 91.7 cm³/mol. The van der Waals surface area contributed by atoms with Crippen molar-refractivity contribution in [2.75, 3.05) is 27.4 Å². The van der Waals surface area contributed by atoms with Crippen molar-refractivity contribution in [3.05, 3.63) is 23.8 Å². The van der Waals surface area contributed by atoms with Crippen LogP contribution < -0.4 is 14.8 Å². The summed E-state index contributed by atoms with van der Waals surface area (Å²) in [5, 5.41) is 11.9. The second-order valence-electron chi connectivity index (χ2n) is 5.99. The average Bonchev–Trinajstić information content (AvgIpc) is 2.61. The van der Waals surface area contributed by atoms with Gasteiger partial charge in [-0.25, -0.2) is 13.1 Å². The molecule has 10 heteroatoms. The van der Waals surface area contributed by atoms with E-state index in [9.17, 15) is 18.0 Å². The first-order valence-electron chi connectivity index (χ1n) is 7.97. The van der Waals surface area contributed by atoms with Crippen molar-refractivity contribution in [2.24, 2.45) is 0 Å². The Morgan fingerprint density at radius 2 is 1.96 bits per heavy atom. The molecular formula is C16H22N2O7S. The first kappa shape index (κ1) is 20.1. The largest absolute Gasteiger partial charge is 0.495 e. The van der Waals surface area contributed by atoms with Crippen molar-refractivity contribution in [2.45, 2.75) is 29.7 Å². The van der Waals surface area contributed by atoms with Gasteiger partial charge in [-0.3, -0.25) is 9.59 Å². The quantitative estimate of drug-likeness (QED) is 0.616. The van der Waals surface area contributed by atoms with Gasteiger partial charge in [0.05, 0.1) is 19.1 Å². The van der Waals surface area contributed by atoms with E-state index in [-0.39, 0.29) is 22.6 Å². The van der Waals surface area contributed by atoms with E-state index in [1.165, 1.54) is 32.4 Å². The van der Waals surface area contributed by atoms with Crippen molar-refractivity contribution in [1.82, 2.24) is 10.0 Å². The zero-order chi connectivity index (χ0) is 19.4. The fourth-order valence-electron chi connectivity index (χ4n) is 2.85. The third kappa shape index (κ3) is 4.51. The van der Waals surface area contributed by atoms with Crippen molar-refractivity contribution >= 4 is 21.9 Å². The first-order valence-corrected chi connectivity index (χ1v) is 9.45. The minimum atomic E-state index is -3.83. The second kappa shape index (κ2) is 8.02. The van der Waals surface area contributed by atoms with E-state index in [0.717, 1.165) is 0 Å². The lowest BCUT2D eigenvalue weighted by Gasteiger charge is -2.36. The molecule has 26 heavy (non-hydrogen) atoms. The van der Waals surface area contributed by atoms with Crippen LogP contribution in [-0.2, 0) is 19.6 Å². The minimum absolute atomic E-state index is 0.0934. The number of benzene rings is 1. The number of aliphatic carboxylic acids is 1. The van der Waals surface area contributed by atoms with Crippen molar-refractivity contribution in [1.29, 1.82) is 0 Å². The Morgan fingerprint density at radius 1 is 1.31 bits per heavy atom. The molecule has 1 aromatic carbocycles. The summed E-state index contributed by atoms with van der Waals surface area (Å²) in [5.41, 5.74) is -0.834. The topological polar surface area (TPSA) is 131 Å². The molecule has 0 aliphatic carbocycles. The third-order valence-electron chi connectivity index (χ3n) is 4.30. The molecule has 9 nitrogen and oxygen atoms in total. The van der Waals surface area contributed by atoms with Crippen molar-refractivity contribution in [3.63, 3.8) is 0 Å². The molecule has 1 fully saturated rings. The Bertz CT molecular complexity index is 786. The monoisotopic (exact) mass is 386 g/mol. The van der Waals surface area contributed by atoms with Crippen LogP contribution >= 0.6 is 0 Å². The summed E-state index contributed by atoms with van der Waals surface area (Å²) in [6.07, 6.45) is 0.492. The van der Waals surface area contributed by atoms with E-state index >= 15 is 0 Å². The number of sulfonamides is 1. The van der Waals surface area contributed by atoms with Crippen LogP contribution in [0.15, 0.2) is 23.1 Å². The van der Waals surface area contributed by atoms with Gasteiger partial charge in [0.1, 0.15) is 10.6 Å². The van der Waals surface area contributed by atoms with Gasteiger partial charge < -0.3 is 19.9 Å². The molecule has 1 aliphatic rings. The molecule has 1 saturated heterocycles. The lowest BCUT2D eigenvalue weighted by molar-refractivity contribution is -0.139. The van der Waals surface area contributed by atoms with E-state index in [0.29, 0.717) is 26.1 Å². The maximum Gasteiger partial charge on any atom is 0.305 e. The molecular weight excluding hydrogens is 364 g/mol. The Hall–Kier alpha value is -2.17. The fraction of sp³-hybridized carbons (Fsp3) is 0.500.